The van der Waals surface area contributed by atoms with E-state index in [0.717, 1.165) is 28.0 Å². The molecule has 1 saturated carbocycles. The van der Waals surface area contributed by atoms with Gasteiger partial charge in [0.25, 0.3) is 0 Å². The van der Waals surface area contributed by atoms with Crippen molar-refractivity contribution in [1.29, 1.82) is 0 Å². The van der Waals surface area contributed by atoms with Crippen molar-refractivity contribution in [3.05, 3.63) is 27.7 Å². The fourth-order valence-corrected chi connectivity index (χ4v) is 3.90. The molecule has 0 aliphatic heterocycles. The Hall–Kier alpha value is -0.250. The van der Waals surface area contributed by atoms with Crippen LogP contribution in [0.1, 0.15) is 33.1 Å². The first-order chi connectivity index (χ1) is 8.94. The molecule has 2 rings (SSSR count). The molecule has 1 aromatic carbocycles. The van der Waals surface area contributed by atoms with Crippen LogP contribution in [0.5, 0.6) is 0 Å². The Kier molecular flexibility index (Phi) is 4.80. The van der Waals surface area contributed by atoms with Gasteiger partial charge in [-0.15, -0.1) is 0 Å². The molecule has 0 radical (unpaired) electrons. The maximum absolute atomic E-state index is 6.16. The topological polar surface area (TPSA) is 38.0 Å². The van der Waals surface area contributed by atoms with Gasteiger partial charge in [-0.25, -0.2) is 0 Å². The van der Waals surface area contributed by atoms with Crippen LogP contribution in [0.25, 0.3) is 0 Å². The van der Waals surface area contributed by atoms with Gasteiger partial charge in [0.2, 0.25) is 0 Å². The predicted molar refractivity (Wildman–Crippen MR) is 86.7 cm³/mol. The van der Waals surface area contributed by atoms with E-state index in [1.807, 2.05) is 12.1 Å². The quantitative estimate of drug-likeness (QED) is 0.835. The van der Waals surface area contributed by atoms with Gasteiger partial charge in [0, 0.05) is 16.7 Å². The molecule has 0 heterocycles. The minimum atomic E-state index is 0.00818. The van der Waals surface area contributed by atoms with Crippen LogP contribution in [-0.4, -0.2) is 12.1 Å². The van der Waals surface area contributed by atoms with Gasteiger partial charge in [0.15, 0.2) is 0 Å². The largest absolute Gasteiger partial charge is 0.378 e. The summed E-state index contributed by atoms with van der Waals surface area (Å²) < 4.78 is 0.923. The number of rotatable bonds is 3. The molecule has 19 heavy (non-hydrogen) atoms. The molecule has 1 aromatic rings. The summed E-state index contributed by atoms with van der Waals surface area (Å²) in [6.45, 7) is 5.29. The molecule has 0 spiro atoms. The maximum atomic E-state index is 6.16. The van der Waals surface area contributed by atoms with Crippen LogP contribution in [0.15, 0.2) is 22.7 Å². The van der Waals surface area contributed by atoms with Gasteiger partial charge in [-0.1, -0.05) is 25.4 Å². The van der Waals surface area contributed by atoms with E-state index in [1.165, 1.54) is 6.42 Å². The molecule has 0 amide bonds. The maximum Gasteiger partial charge on any atom is 0.0568 e. The van der Waals surface area contributed by atoms with Gasteiger partial charge in [-0.05, 0) is 65.2 Å². The Morgan fingerprint density at radius 3 is 2.53 bits per heavy atom. The van der Waals surface area contributed by atoms with Crippen LogP contribution in [0, 0.1) is 11.8 Å². The monoisotopic (exact) mass is 344 g/mol. The minimum Gasteiger partial charge on any atom is -0.378 e. The van der Waals surface area contributed by atoms with E-state index in [4.69, 9.17) is 17.3 Å². The van der Waals surface area contributed by atoms with Crippen molar-refractivity contribution in [2.24, 2.45) is 17.6 Å². The van der Waals surface area contributed by atoms with Crippen molar-refractivity contribution >= 4 is 33.2 Å². The molecule has 0 aromatic heterocycles. The molecule has 2 nitrogen and oxygen atoms in total. The zero-order chi connectivity index (χ0) is 14.0. The van der Waals surface area contributed by atoms with Gasteiger partial charge in [-0.3, -0.25) is 0 Å². The second kappa shape index (κ2) is 6.02. The molecule has 1 fully saturated rings. The van der Waals surface area contributed by atoms with Crippen molar-refractivity contribution in [2.45, 2.75) is 38.6 Å². The Labute approximate surface area is 129 Å². The van der Waals surface area contributed by atoms with E-state index in [9.17, 15) is 0 Å². The van der Waals surface area contributed by atoms with Crippen molar-refractivity contribution in [1.82, 2.24) is 0 Å². The van der Waals surface area contributed by atoms with Crippen LogP contribution in [0.3, 0.4) is 0 Å². The zero-order valence-corrected chi connectivity index (χ0v) is 13.9. The lowest BCUT2D eigenvalue weighted by atomic mass is 9.71. The fraction of sp³-hybridized carbons (Fsp3) is 0.600. The molecule has 1 aliphatic rings. The van der Waals surface area contributed by atoms with Crippen LogP contribution >= 0.6 is 27.5 Å². The zero-order valence-electron chi connectivity index (χ0n) is 11.5. The molecule has 3 N–H and O–H groups in total. The SMILES string of the molecule is CC1CC(C)CC(CN)(Nc2ccc(Br)c(Cl)c2)C1. The summed E-state index contributed by atoms with van der Waals surface area (Å²) in [5.74, 6) is 1.43. The molecule has 0 saturated heterocycles. The van der Waals surface area contributed by atoms with Crippen LogP contribution in [0.4, 0.5) is 5.69 Å². The van der Waals surface area contributed by atoms with E-state index in [2.05, 4.69) is 41.2 Å². The van der Waals surface area contributed by atoms with Crippen LogP contribution in [0.2, 0.25) is 5.02 Å². The summed E-state index contributed by atoms with van der Waals surface area (Å²) in [6, 6.07) is 5.99. The first-order valence-corrected chi connectivity index (χ1v) is 8.04. The highest BCUT2D eigenvalue weighted by molar-refractivity contribution is 9.10. The van der Waals surface area contributed by atoms with Crippen LogP contribution in [-0.2, 0) is 0 Å². The van der Waals surface area contributed by atoms with E-state index in [0.29, 0.717) is 18.4 Å². The first kappa shape index (κ1) is 15.1. The summed E-state index contributed by atoms with van der Waals surface area (Å²) in [5, 5.41) is 4.37. The molecule has 2 atom stereocenters. The van der Waals surface area contributed by atoms with Crippen molar-refractivity contribution in [3.8, 4) is 0 Å². The highest BCUT2D eigenvalue weighted by Gasteiger charge is 2.36. The lowest BCUT2D eigenvalue weighted by Gasteiger charge is -2.43. The molecular weight excluding hydrogens is 324 g/mol. The summed E-state index contributed by atoms with van der Waals surface area (Å²) in [5.41, 5.74) is 7.14. The molecular formula is C15H22BrClN2. The van der Waals surface area contributed by atoms with Gasteiger partial charge in [0.1, 0.15) is 0 Å². The molecule has 2 unspecified atom stereocenters. The van der Waals surface area contributed by atoms with Gasteiger partial charge < -0.3 is 11.1 Å². The van der Waals surface area contributed by atoms with Gasteiger partial charge in [-0.2, -0.15) is 0 Å². The molecule has 4 heteroatoms. The number of nitrogens with two attached hydrogens (primary N) is 1. The standard InChI is InChI=1S/C15H22BrClN2/c1-10-5-11(2)8-15(7-10,9-18)19-12-3-4-13(16)14(17)6-12/h3-4,6,10-11,19H,5,7-9,18H2,1-2H3. The molecule has 1 aliphatic carbocycles. The number of benzene rings is 1. The number of hydrogen-bond donors (Lipinski definition) is 2. The van der Waals surface area contributed by atoms with E-state index in [-0.39, 0.29) is 5.54 Å². The minimum absolute atomic E-state index is 0.00818. The summed E-state index contributed by atoms with van der Waals surface area (Å²) in [4.78, 5) is 0. The Balaban J connectivity index is 2.19. The average Bonchev–Trinajstić information content (AvgIpc) is 2.32. The first-order valence-electron chi connectivity index (χ1n) is 6.87. The normalized spacial score (nSPS) is 31.2. The smallest absolute Gasteiger partial charge is 0.0568 e. The van der Waals surface area contributed by atoms with Gasteiger partial charge >= 0.3 is 0 Å². The average molecular weight is 346 g/mol. The Morgan fingerprint density at radius 2 is 2.00 bits per heavy atom. The van der Waals surface area contributed by atoms with E-state index >= 15 is 0 Å². The number of nitrogens with one attached hydrogen (secondary N) is 1. The number of anilines is 1. The highest BCUT2D eigenvalue weighted by Crippen LogP contribution is 2.38. The molecule has 106 valence electrons. The summed E-state index contributed by atoms with van der Waals surface area (Å²) in [7, 11) is 0. The van der Waals surface area contributed by atoms with Gasteiger partial charge in [0.05, 0.1) is 10.6 Å². The lowest BCUT2D eigenvalue weighted by Crippen LogP contribution is -2.50. The third kappa shape index (κ3) is 3.65. The summed E-state index contributed by atoms with van der Waals surface area (Å²) >= 11 is 9.58. The third-order valence-electron chi connectivity index (χ3n) is 4.00. The van der Waals surface area contributed by atoms with E-state index < -0.39 is 0 Å². The van der Waals surface area contributed by atoms with Crippen molar-refractivity contribution in [2.75, 3.05) is 11.9 Å². The summed E-state index contributed by atoms with van der Waals surface area (Å²) in [6.07, 6.45) is 3.55. The van der Waals surface area contributed by atoms with E-state index in [1.54, 1.807) is 0 Å². The fourth-order valence-electron chi connectivity index (χ4n) is 3.47. The highest BCUT2D eigenvalue weighted by atomic mass is 79.9. The number of halogens is 2. The lowest BCUT2D eigenvalue weighted by molar-refractivity contribution is 0.205. The molecule has 0 bridgehead atoms. The second-order valence-corrected chi connectivity index (χ2v) is 7.35. The van der Waals surface area contributed by atoms with Crippen molar-refractivity contribution in [3.63, 3.8) is 0 Å². The Morgan fingerprint density at radius 1 is 1.37 bits per heavy atom. The number of hydrogen-bond acceptors (Lipinski definition) is 2. The second-order valence-electron chi connectivity index (χ2n) is 6.09. The van der Waals surface area contributed by atoms with Crippen LogP contribution < -0.4 is 11.1 Å². The predicted octanol–water partition coefficient (Wildman–Crippen LogP) is 4.67. The Bertz CT molecular complexity index is 440. The third-order valence-corrected chi connectivity index (χ3v) is 5.24. The van der Waals surface area contributed by atoms with Crippen molar-refractivity contribution < 1.29 is 0 Å².